The van der Waals surface area contributed by atoms with E-state index in [1.165, 1.54) is 19.2 Å². The molecule has 4 rings (SSSR count). The van der Waals surface area contributed by atoms with Crippen LogP contribution in [0, 0.1) is 5.82 Å². The van der Waals surface area contributed by atoms with Gasteiger partial charge in [-0.3, -0.25) is 14.6 Å². The molecule has 1 amide bonds. The SMILES string of the molecule is COc1ccc(O)c(C(=O)c2ccc(CO[C@@H]3CCCNCC3NC(=O)c3ccncc3)cc2)c1F. The molecule has 2 heterocycles. The Balaban J connectivity index is 1.41. The van der Waals surface area contributed by atoms with Gasteiger partial charge in [0.05, 0.1) is 25.9 Å². The standard InChI is InChI=1S/C27H28FN3O5/c1-35-23-9-8-21(32)24(25(23)28)26(33)18-6-4-17(5-7-18)16-36-22-3-2-12-30-15-20(22)31-27(34)19-10-13-29-14-11-19/h4-11,13-14,20,22,30,32H,2-3,12,15-16H2,1H3,(H,31,34)/t20?,22-/m1/s1. The second-order valence-electron chi connectivity index (χ2n) is 8.51. The van der Waals surface area contributed by atoms with Crippen molar-refractivity contribution in [2.45, 2.75) is 31.6 Å². The highest BCUT2D eigenvalue weighted by atomic mass is 19.1. The van der Waals surface area contributed by atoms with E-state index < -0.39 is 22.9 Å². The van der Waals surface area contributed by atoms with E-state index in [1.807, 2.05) is 0 Å². The Labute approximate surface area is 208 Å². The number of rotatable bonds is 8. The summed E-state index contributed by atoms with van der Waals surface area (Å²) in [6.07, 6.45) is 4.64. The summed E-state index contributed by atoms with van der Waals surface area (Å²) in [4.78, 5) is 29.4. The molecule has 8 nitrogen and oxygen atoms in total. The molecule has 1 aliphatic heterocycles. The van der Waals surface area contributed by atoms with Gasteiger partial charge in [-0.1, -0.05) is 24.3 Å². The summed E-state index contributed by atoms with van der Waals surface area (Å²) in [7, 11) is 1.29. The van der Waals surface area contributed by atoms with Gasteiger partial charge in [0, 0.05) is 30.1 Å². The number of ether oxygens (including phenoxy) is 2. The lowest BCUT2D eigenvalue weighted by Gasteiger charge is -2.26. The first-order valence-corrected chi connectivity index (χ1v) is 11.7. The van der Waals surface area contributed by atoms with Crippen molar-refractivity contribution in [1.29, 1.82) is 0 Å². The van der Waals surface area contributed by atoms with Crippen LogP contribution < -0.4 is 15.4 Å². The second kappa shape index (κ2) is 11.7. The number of hydrogen-bond donors (Lipinski definition) is 3. The van der Waals surface area contributed by atoms with Crippen molar-refractivity contribution in [2.75, 3.05) is 20.2 Å². The molecule has 1 saturated heterocycles. The van der Waals surface area contributed by atoms with Crippen LogP contribution in [0.15, 0.2) is 60.9 Å². The summed E-state index contributed by atoms with van der Waals surface area (Å²) in [6, 6.07) is 12.2. The number of aromatic nitrogens is 1. The molecule has 3 N–H and O–H groups in total. The lowest BCUT2D eigenvalue weighted by atomic mass is 10.0. The Bertz CT molecular complexity index is 1200. The number of nitrogens with zero attached hydrogens (tertiary/aromatic N) is 1. The van der Waals surface area contributed by atoms with E-state index in [9.17, 15) is 19.1 Å². The molecule has 2 atom stereocenters. The fourth-order valence-corrected chi connectivity index (χ4v) is 4.14. The average molecular weight is 494 g/mol. The molecule has 0 saturated carbocycles. The highest BCUT2D eigenvalue weighted by molar-refractivity contribution is 6.11. The molecule has 0 radical (unpaired) electrons. The number of carbonyl (C=O) groups excluding carboxylic acids is 2. The maximum atomic E-state index is 14.6. The van der Waals surface area contributed by atoms with Gasteiger partial charge in [0.2, 0.25) is 0 Å². The number of methoxy groups -OCH3 is 1. The molecule has 3 aromatic rings. The third kappa shape index (κ3) is 5.87. The normalized spacial score (nSPS) is 17.7. The first kappa shape index (κ1) is 25.3. The fourth-order valence-electron chi connectivity index (χ4n) is 4.14. The van der Waals surface area contributed by atoms with Crippen LogP contribution in [0.2, 0.25) is 0 Å². The molecular formula is C27H28FN3O5. The zero-order valence-corrected chi connectivity index (χ0v) is 19.9. The summed E-state index contributed by atoms with van der Waals surface area (Å²) >= 11 is 0. The van der Waals surface area contributed by atoms with Crippen molar-refractivity contribution in [3.05, 3.63) is 89.0 Å². The lowest BCUT2D eigenvalue weighted by Crippen LogP contribution is -2.48. The van der Waals surface area contributed by atoms with Crippen molar-refractivity contribution in [1.82, 2.24) is 15.6 Å². The van der Waals surface area contributed by atoms with Crippen LogP contribution in [-0.4, -0.2) is 54.1 Å². The summed E-state index contributed by atoms with van der Waals surface area (Å²) in [5, 5.41) is 16.4. The van der Waals surface area contributed by atoms with E-state index >= 15 is 0 Å². The molecule has 188 valence electrons. The number of hydrogen-bond acceptors (Lipinski definition) is 7. The maximum Gasteiger partial charge on any atom is 0.251 e. The van der Waals surface area contributed by atoms with Crippen molar-refractivity contribution in [3.63, 3.8) is 0 Å². The molecule has 2 aromatic carbocycles. The highest BCUT2D eigenvalue weighted by Gasteiger charge is 2.27. The number of amides is 1. The van der Waals surface area contributed by atoms with E-state index in [4.69, 9.17) is 9.47 Å². The molecule has 1 fully saturated rings. The van der Waals surface area contributed by atoms with Crippen LogP contribution in [0.3, 0.4) is 0 Å². The van der Waals surface area contributed by atoms with Crippen LogP contribution >= 0.6 is 0 Å². The number of carbonyl (C=O) groups is 2. The number of pyridine rings is 1. The second-order valence-corrected chi connectivity index (χ2v) is 8.51. The minimum atomic E-state index is -0.906. The molecular weight excluding hydrogens is 465 g/mol. The number of nitrogens with one attached hydrogen (secondary N) is 2. The zero-order valence-electron chi connectivity index (χ0n) is 19.9. The number of ketones is 1. The predicted molar refractivity (Wildman–Crippen MR) is 131 cm³/mol. The number of aromatic hydroxyl groups is 1. The summed E-state index contributed by atoms with van der Waals surface area (Å²) in [5.74, 6) is -2.31. The van der Waals surface area contributed by atoms with Crippen LogP contribution in [-0.2, 0) is 11.3 Å². The molecule has 1 unspecified atom stereocenters. The third-order valence-electron chi connectivity index (χ3n) is 6.13. The Morgan fingerprint density at radius 1 is 1.11 bits per heavy atom. The van der Waals surface area contributed by atoms with Crippen LogP contribution in [0.4, 0.5) is 4.39 Å². The molecule has 9 heteroatoms. The smallest absolute Gasteiger partial charge is 0.251 e. The number of phenolic OH excluding ortho intramolecular Hbond substituents is 1. The molecule has 1 aliphatic rings. The van der Waals surface area contributed by atoms with E-state index in [-0.39, 0.29) is 36.0 Å². The van der Waals surface area contributed by atoms with Gasteiger partial charge in [0.15, 0.2) is 17.3 Å². The van der Waals surface area contributed by atoms with Gasteiger partial charge in [-0.15, -0.1) is 0 Å². The van der Waals surface area contributed by atoms with Crippen LogP contribution in [0.25, 0.3) is 0 Å². The summed E-state index contributed by atoms with van der Waals surface area (Å²) < 4.78 is 25.7. The molecule has 36 heavy (non-hydrogen) atoms. The lowest BCUT2D eigenvalue weighted by molar-refractivity contribution is 0.0135. The Morgan fingerprint density at radius 2 is 1.86 bits per heavy atom. The molecule has 1 aromatic heterocycles. The van der Waals surface area contributed by atoms with E-state index in [1.54, 1.807) is 48.8 Å². The van der Waals surface area contributed by atoms with Crippen molar-refractivity contribution in [3.8, 4) is 11.5 Å². The Morgan fingerprint density at radius 3 is 2.58 bits per heavy atom. The van der Waals surface area contributed by atoms with Crippen molar-refractivity contribution < 1.29 is 28.6 Å². The zero-order chi connectivity index (χ0) is 25.5. The van der Waals surface area contributed by atoms with Crippen molar-refractivity contribution in [2.24, 2.45) is 0 Å². The molecule has 0 bridgehead atoms. The van der Waals surface area contributed by atoms with Gasteiger partial charge in [0.25, 0.3) is 5.91 Å². The summed E-state index contributed by atoms with van der Waals surface area (Å²) in [5.41, 5.74) is 1.14. The molecule has 0 spiro atoms. The minimum Gasteiger partial charge on any atom is -0.507 e. The molecule has 0 aliphatic carbocycles. The quantitative estimate of drug-likeness (QED) is 0.413. The number of phenols is 1. The maximum absolute atomic E-state index is 14.6. The fraction of sp³-hybridized carbons (Fsp3) is 0.296. The Kier molecular flexibility index (Phi) is 8.24. The van der Waals surface area contributed by atoms with E-state index in [0.29, 0.717) is 12.1 Å². The van der Waals surface area contributed by atoms with Gasteiger partial charge in [-0.2, -0.15) is 0 Å². The Hall–Kier alpha value is -3.82. The van der Waals surface area contributed by atoms with Gasteiger partial charge in [0.1, 0.15) is 11.3 Å². The van der Waals surface area contributed by atoms with Crippen LogP contribution in [0.5, 0.6) is 11.5 Å². The first-order chi connectivity index (χ1) is 17.5. The highest BCUT2D eigenvalue weighted by Crippen LogP contribution is 2.30. The van der Waals surface area contributed by atoms with Gasteiger partial charge >= 0.3 is 0 Å². The topological polar surface area (TPSA) is 110 Å². The van der Waals surface area contributed by atoms with Gasteiger partial charge < -0.3 is 25.2 Å². The third-order valence-corrected chi connectivity index (χ3v) is 6.13. The first-order valence-electron chi connectivity index (χ1n) is 11.7. The van der Waals surface area contributed by atoms with E-state index in [0.717, 1.165) is 24.9 Å². The van der Waals surface area contributed by atoms with Crippen molar-refractivity contribution >= 4 is 11.7 Å². The summed E-state index contributed by atoms with van der Waals surface area (Å²) in [6.45, 7) is 1.70. The average Bonchev–Trinajstić information content (AvgIpc) is 3.13. The number of benzene rings is 2. The number of halogens is 1. The largest absolute Gasteiger partial charge is 0.507 e. The van der Waals surface area contributed by atoms with Crippen LogP contribution in [0.1, 0.15) is 44.7 Å². The minimum absolute atomic E-state index is 0.121. The monoisotopic (exact) mass is 493 g/mol. The van der Waals surface area contributed by atoms with Gasteiger partial charge in [-0.25, -0.2) is 4.39 Å². The van der Waals surface area contributed by atoms with Gasteiger partial charge in [-0.05, 0) is 49.2 Å². The van der Waals surface area contributed by atoms with E-state index in [2.05, 4.69) is 15.6 Å². The predicted octanol–water partition coefficient (Wildman–Crippen LogP) is 3.23.